The number of halogens is 2. The Labute approximate surface area is 118 Å². The summed E-state index contributed by atoms with van der Waals surface area (Å²) >= 11 is 11.9. The van der Waals surface area contributed by atoms with Crippen LogP contribution in [0.5, 0.6) is 0 Å². The second-order valence-electron chi connectivity index (χ2n) is 5.40. The Morgan fingerprint density at radius 2 is 1.83 bits per heavy atom. The average molecular weight is 283 g/mol. The summed E-state index contributed by atoms with van der Waals surface area (Å²) in [5.41, 5.74) is 2.25. The lowest BCUT2D eigenvalue weighted by Gasteiger charge is -2.14. The third kappa shape index (κ3) is 3.06. The first kappa shape index (κ1) is 13.4. The molecule has 2 nitrogen and oxygen atoms in total. The van der Waals surface area contributed by atoms with E-state index in [1.807, 2.05) is 29.1 Å². The van der Waals surface area contributed by atoms with Crippen LogP contribution in [-0.2, 0) is 12.0 Å². The van der Waals surface area contributed by atoms with Crippen molar-refractivity contribution in [2.24, 2.45) is 0 Å². The Hall–Kier alpha value is -0.990. The van der Waals surface area contributed by atoms with Crippen LogP contribution in [0.4, 0.5) is 0 Å². The molecule has 4 heteroatoms. The number of rotatable bonds is 2. The van der Waals surface area contributed by atoms with Crippen LogP contribution in [0.25, 0.3) is 0 Å². The first-order valence-electron chi connectivity index (χ1n) is 5.84. The van der Waals surface area contributed by atoms with Gasteiger partial charge < -0.3 is 0 Å². The molecule has 0 amide bonds. The molecule has 0 unspecified atom stereocenters. The maximum Gasteiger partial charge on any atom is 0.0678 e. The number of aromatic nitrogens is 2. The van der Waals surface area contributed by atoms with Crippen LogP contribution in [0.1, 0.15) is 32.0 Å². The molecule has 0 bridgehead atoms. The molecule has 2 rings (SSSR count). The van der Waals surface area contributed by atoms with E-state index in [-0.39, 0.29) is 5.41 Å². The highest BCUT2D eigenvalue weighted by Crippen LogP contribution is 2.23. The smallest absolute Gasteiger partial charge is 0.0678 e. The van der Waals surface area contributed by atoms with Gasteiger partial charge >= 0.3 is 0 Å². The maximum absolute atomic E-state index is 6.00. The minimum absolute atomic E-state index is 0.0723. The van der Waals surface area contributed by atoms with E-state index < -0.39 is 0 Å². The third-order valence-electron chi connectivity index (χ3n) is 2.74. The molecule has 2 aromatic rings. The standard InChI is InChI=1S/C14H16Cl2N2/c1-14(2,3)13-6-7-18(17-13)9-10-4-5-11(15)12(16)8-10/h4-8H,9H2,1-3H3. The van der Waals surface area contributed by atoms with Crippen molar-refractivity contribution >= 4 is 23.2 Å². The fourth-order valence-corrected chi connectivity index (χ4v) is 2.00. The quantitative estimate of drug-likeness (QED) is 0.791. The van der Waals surface area contributed by atoms with E-state index in [1.165, 1.54) is 0 Å². The zero-order chi connectivity index (χ0) is 13.3. The normalized spacial score (nSPS) is 11.8. The Balaban J connectivity index is 2.19. The fourth-order valence-electron chi connectivity index (χ4n) is 1.67. The summed E-state index contributed by atoms with van der Waals surface area (Å²) < 4.78 is 1.92. The Morgan fingerprint density at radius 1 is 1.11 bits per heavy atom. The van der Waals surface area contributed by atoms with Crippen molar-refractivity contribution in [3.63, 3.8) is 0 Å². The average Bonchev–Trinajstić information content (AvgIpc) is 2.72. The van der Waals surface area contributed by atoms with Crippen LogP contribution < -0.4 is 0 Å². The number of hydrogen-bond donors (Lipinski definition) is 0. The van der Waals surface area contributed by atoms with Crippen LogP contribution in [0.2, 0.25) is 10.0 Å². The minimum Gasteiger partial charge on any atom is -0.268 e. The molecular formula is C14H16Cl2N2. The summed E-state index contributed by atoms with van der Waals surface area (Å²) in [5, 5.41) is 5.73. The molecule has 0 aliphatic heterocycles. The highest BCUT2D eigenvalue weighted by Gasteiger charge is 2.16. The van der Waals surface area contributed by atoms with E-state index in [9.17, 15) is 0 Å². The van der Waals surface area contributed by atoms with Crippen LogP contribution in [0.3, 0.4) is 0 Å². The van der Waals surface area contributed by atoms with Crippen molar-refractivity contribution in [1.82, 2.24) is 9.78 Å². The minimum atomic E-state index is 0.0723. The number of nitrogens with zero attached hydrogens (tertiary/aromatic N) is 2. The van der Waals surface area contributed by atoms with Gasteiger partial charge in [0.1, 0.15) is 0 Å². The molecule has 0 radical (unpaired) electrons. The lowest BCUT2D eigenvalue weighted by Crippen LogP contribution is -2.13. The monoisotopic (exact) mass is 282 g/mol. The number of hydrogen-bond acceptors (Lipinski definition) is 1. The van der Waals surface area contributed by atoms with Gasteiger partial charge in [0.2, 0.25) is 0 Å². The molecule has 0 fully saturated rings. The third-order valence-corrected chi connectivity index (χ3v) is 3.48. The first-order valence-corrected chi connectivity index (χ1v) is 6.60. The van der Waals surface area contributed by atoms with Crippen molar-refractivity contribution in [3.8, 4) is 0 Å². The Bertz CT molecular complexity index is 553. The lowest BCUT2D eigenvalue weighted by atomic mass is 9.93. The van der Waals surface area contributed by atoms with E-state index in [0.29, 0.717) is 16.6 Å². The largest absolute Gasteiger partial charge is 0.268 e. The molecule has 0 spiro atoms. The molecule has 1 aromatic heterocycles. The summed E-state index contributed by atoms with van der Waals surface area (Å²) in [6.45, 7) is 7.16. The van der Waals surface area contributed by atoms with Gasteiger partial charge in [-0.3, -0.25) is 4.68 Å². The first-order chi connectivity index (χ1) is 8.36. The topological polar surface area (TPSA) is 17.8 Å². The zero-order valence-electron chi connectivity index (χ0n) is 10.7. The lowest BCUT2D eigenvalue weighted by molar-refractivity contribution is 0.545. The summed E-state index contributed by atoms with van der Waals surface area (Å²) in [6, 6.07) is 7.71. The van der Waals surface area contributed by atoms with Crippen LogP contribution in [-0.4, -0.2) is 9.78 Å². The summed E-state index contributed by atoms with van der Waals surface area (Å²) in [7, 11) is 0. The van der Waals surface area contributed by atoms with E-state index in [4.69, 9.17) is 23.2 Å². The van der Waals surface area contributed by atoms with Gasteiger partial charge in [0.15, 0.2) is 0 Å². The van der Waals surface area contributed by atoms with Crippen molar-refractivity contribution in [2.45, 2.75) is 32.7 Å². The van der Waals surface area contributed by atoms with Crippen molar-refractivity contribution in [3.05, 3.63) is 51.8 Å². The van der Waals surface area contributed by atoms with Gasteiger partial charge in [0.25, 0.3) is 0 Å². The van der Waals surface area contributed by atoms with Gasteiger partial charge in [-0.2, -0.15) is 5.10 Å². The van der Waals surface area contributed by atoms with Crippen LogP contribution in [0, 0.1) is 0 Å². The van der Waals surface area contributed by atoms with Gasteiger partial charge in [0, 0.05) is 11.6 Å². The zero-order valence-corrected chi connectivity index (χ0v) is 12.3. The van der Waals surface area contributed by atoms with E-state index in [1.54, 1.807) is 0 Å². The maximum atomic E-state index is 6.00. The Morgan fingerprint density at radius 3 is 2.39 bits per heavy atom. The molecule has 18 heavy (non-hydrogen) atoms. The molecular weight excluding hydrogens is 267 g/mol. The highest BCUT2D eigenvalue weighted by atomic mass is 35.5. The molecule has 0 aliphatic carbocycles. The predicted molar refractivity (Wildman–Crippen MR) is 76.5 cm³/mol. The molecule has 1 heterocycles. The molecule has 96 valence electrons. The van der Waals surface area contributed by atoms with E-state index >= 15 is 0 Å². The summed E-state index contributed by atoms with van der Waals surface area (Å²) in [4.78, 5) is 0. The van der Waals surface area contributed by atoms with E-state index in [0.717, 1.165) is 11.3 Å². The van der Waals surface area contributed by atoms with Crippen molar-refractivity contribution < 1.29 is 0 Å². The SMILES string of the molecule is CC(C)(C)c1ccn(Cc2ccc(Cl)c(Cl)c2)n1. The fraction of sp³-hybridized carbons (Fsp3) is 0.357. The van der Waals surface area contributed by atoms with Crippen molar-refractivity contribution in [1.29, 1.82) is 0 Å². The molecule has 0 atom stereocenters. The molecule has 0 aliphatic rings. The molecule has 0 saturated heterocycles. The van der Waals surface area contributed by atoms with Gasteiger partial charge in [-0.1, -0.05) is 50.0 Å². The second kappa shape index (κ2) is 4.94. The Kier molecular flexibility index (Phi) is 3.69. The van der Waals surface area contributed by atoms with Crippen LogP contribution in [0.15, 0.2) is 30.5 Å². The van der Waals surface area contributed by atoms with Crippen LogP contribution >= 0.6 is 23.2 Å². The van der Waals surface area contributed by atoms with Gasteiger partial charge in [-0.15, -0.1) is 0 Å². The summed E-state index contributed by atoms with van der Waals surface area (Å²) in [6.07, 6.45) is 1.99. The highest BCUT2D eigenvalue weighted by molar-refractivity contribution is 6.42. The molecule has 0 saturated carbocycles. The summed E-state index contributed by atoms with van der Waals surface area (Å²) in [5.74, 6) is 0. The predicted octanol–water partition coefficient (Wildman–Crippen LogP) is 4.54. The molecule has 0 N–H and O–H groups in total. The number of benzene rings is 1. The molecule has 1 aromatic carbocycles. The van der Waals surface area contributed by atoms with Gasteiger partial charge in [0.05, 0.1) is 22.3 Å². The van der Waals surface area contributed by atoms with E-state index in [2.05, 4.69) is 31.9 Å². The van der Waals surface area contributed by atoms with Gasteiger partial charge in [-0.05, 0) is 23.8 Å². The second-order valence-corrected chi connectivity index (χ2v) is 6.21. The van der Waals surface area contributed by atoms with Crippen molar-refractivity contribution in [2.75, 3.05) is 0 Å². The van der Waals surface area contributed by atoms with Gasteiger partial charge in [-0.25, -0.2) is 0 Å².